The van der Waals surface area contributed by atoms with Gasteiger partial charge in [0.1, 0.15) is 10.8 Å². The van der Waals surface area contributed by atoms with Crippen molar-refractivity contribution in [2.45, 2.75) is 32.6 Å². The number of benzene rings is 1. The number of hydrogen-bond donors (Lipinski definition) is 2. The zero-order chi connectivity index (χ0) is 16.7. The van der Waals surface area contributed by atoms with Gasteiger partial charge in [0.2, 0.25) is 5.13 Å². The molecule has 1 heterocycles. The maximum Gasteiger partial charge on any atom is 0.257 e. The van der Waals surface area contributed by atoms with Crippen LogP contribution in [-0.4, -0.2) is 29.3 Å². The van der Waals surface area contributed by atoms with Crippen LogP contribution in [0.5, 0.6) is 5.75 Å². The van der Waals surface area contributed by atoms with Crippen LogP contribution in [0, 0.1) is 0 Å². The second-order valence-corrected chi connectivity index (χ2v) is 6.36. The van der Waals surface area contributed by atoms with Crippen molar-refractivity contribution in [2.75, 3.05) is 18.9 Å². The van der Waals surface area contributed by atoms with Crippen molar-refractivity contribution in [2.24, 2.45) is 0 Å². The van der Waals surface area contributed by atoms with Crippen molar-refractivity contribution in [1.29, 1.82) is 0 Å². The topological polar surface area (TPSA) is 90.1 Å². The molecule has 0 radical (unpaired) electrons. The third-order valence-electron chi connectivity index (χ3n) is 3.56. The van der Waals surface area contributed by atoms with Crippen LogP contribution in [0.15, 0.2) is 24.3 Å². The van der Waals surface area contributed by atoms with Gasteiger partial charge in [-0.2, -0.15) is 0 Å². The number of nitrogens with two attached hydrogens (primary N) is 1. The maximum absolute atomic E-state index is 11.9. The van der Waals surface area contributed by atoms with Gasteiger partial charge in [-0.15, -0.1) is 10.2 Å². The van der Waals surface area contributed by atoms with E-state index < -0.39 is 0 Å². The number of para-hydroxylation sites is 1. The van der Waals surface area contributed by atoms with Crippen molar-refractivity contribution >= 4 is 22.4 Å². The van der Waals surface area contributed by atoms with Crippen LogP contribution in [0.1, 0.15) is 36.8 Å². The first-order chi connectivity index (χ1) is 11.1. The Kier molecular flexibility index (Phi) is 6.34. The molecule has 0 fully saturated rings. The first-order valence-corrected chi connectivity index (χ1v) is 8.48. The summed E-state index contributed by atoms with van der Waals surface area (Å²) in [5, 5.41) is 11.7. The van der Waals surface area contributed by atoms with Crippen LogP contribution < -0.4 is 15.8 Å². The van der Waals surface area contributed by atoms with Crippen molar-refractivity contribution in [3.63, 3.8) is 0 Å². The number of nitrogens with one attached hydrogen (secondary N) is 1. The summed E-state index contributed by atoms with van der Waals surface area (Å²) in [6.45, 7) is 4.78. The third-order valence-corrected chi connectivity index (χ3v) is 4.38. The number of hydrogen-bond acceptors (Lipinski definition) is 6. The van der Waals surface area contributed by atoms with Gasteiger partial charge in [-0.05, 0) is 24.0 Å². The number of anilines is 1. The Morgan fingerprint density at radius 1 is 1.39 bits per heavy atom. The average Bonchev–Trinajstić information content (AvgIpc) is 2.98. The van der Waals surface area contributed by atoms with E-state index in [0.717, 1.165) is 22.7 Å². The first-order valence-electron chi connectivity index (χ1n) is 7.66. The standard InChI is InChI=1S/C16H22N4O2S/c1-3-11(2)12-6-4-5-7-13(12)22-10-14(21)18-9-8-15-19-20-16(17)23-15/h4-7,11H,3,8-10H2,1-2H3,(H2,17,20)(H,18,21). The van der Waals surface area contributed by atoms with Crippen LogP contribution in [0.2, 0.25) is 0 Å². The molecule has 0 saturated heterocycles. The van der Waals surface area contributed by atoms with Gasteiger partial charge in [0.05, 0.1) is 0 Å². The number of amides is 1. The largest absolute Gasteiger partial charge is 0.483 e. The lowest BCUT2D eigenvalue weighted by Gasteiger charge is -2.15. The van der Waals surface area contributed by atoms with E-state index in [4.69, 9.17) is 10.5 Å². The van der Waals surface area contributed by atoms with Gasteiger partial charge in [-0.1, -0.05) is 43.4 Å². The number of nitrogen functional groups attached to an aromatic ring is 1. The van der Waals surface area contributed by atoms with E-state index in [2.05, 4.69) is 29.4 Å². The molecular weight excluding hydrogens is 312 g/mol. The highest BCUT2D eigenvalue weighted by Crippen LogP contribution is 2.28. The van der Waals surface area contributed by atoms with Gasteiger partial charge >= 0.3 is 0 Å². The minimum atomic E-state index is -0.151. The normalized spacial score (nSPS) is 11.9. The lowest BCUT2D eigenvalue weighted by atomic mass is 9.98. The summed E-state index contributed by atoms with van der Waals surface area (Å²) in [4.78, 5) is 11.9. The average molecular weight is 334 g/mol. The lowest BCUT2D eigenvalue weighted by molar-refractivity contribution is -0.123. The Hall–Kier alpha value is -2.15. The predicted molar refractivity (Wildman–Crippen MR) is 91.7 cm³/mol. The van der Waals surface area contributed by atoms with E-state index in [1.807, 2.05) is 24.3 Å². The molecule has 1 unspecified atom stereocenters. The number of carbonyl (C=O) groups excluding carboxylic acids is 1. The van der Waals surface area contributed by atoms with Crippen molar-refractivity contribution in [3.8, 4) is 5.75 Å². The van der Waals surface area contributed by atoms with Gasteiger partial charge in [0, 0.05) is 13.0 Å². The smallest absolute Gasteiger partial charge is 0.257 e. The highest BCUT2D eigenvalue weighted by molar-refractivity contribution is 7.15. The molecule has 6 nitrogen and oxygen atoms in total. The summed E-state index contributed by atoms with van der Waals surface area (Å²) in [6, 6.07) is 7.85. The highest BCUT2D eigenvalue weighted by Gasteiger charge is 2.11. The zero-order valence-electron chi connectivity index (χ0n) is 13.4. The number of aromatic nitrogens is 2. The summed E-state index contributed by atoms with van der Waals surface area (Å²) in [5.74, 6) is 1.02. The van der Waals surface area contributed by atoms with Crippen molar-refractivity contribution in [1.82, 2.24) is 15.5 Å². The van der Waals surface area contributed by atoms with Gasteiger partial charge < -0.3 is 15.8 Å². The number of nitrogens with zero attached hydrogens (tertiary/aromatic N) is 2. The SMILES string of the molecule is CCC(C)c1ccccc1OCC(=O)NCCc1nnc(N)s1. The van der Waals surface area contributed by atoms with Crippen molar-refractivity contribution in [3.05, 3.63) is 34.8 Å². The Bertz CT molecular complexity index is 645. The molecule has 0 saturated carbocycles. The number of carbonyl (C=O) groups is 1. The van der Waals surface area contributed by atoms with Gasteiger partial charge in [-0.25, -0.2) is 0 Å². The molecule has 0 spiro atoms. The number of rotatable bonds is 8. The third kappa shape index (κ3) is 5.21. The minimum Gasteiger partial charge on any atom is -0.483 e. The summed E-state index contributed by atoms with van der Waals surface area (Å²) in [7, 11) is 0. The monoisotopic (exact) mass is 334 g/mol. The van der Waals surface area contributed by atoms with E-state index >= 15 is 0 Å². The number of ether oxygens (including phenoxy) is 1. The molecule has 0 bridgehead atoms. The summed E-state index contributed by atoms with van der Waals surface area (Å²) in [6.07, 6.45) is 1.64. The van der Waals surface area contributed by atoms with Gasteiger partial charge in [-0.3, -0.25) is 4.79 Å². The molecule has 0 aliphatic rings. The molecule has 1 atom stereocenters. The predicted octanol–water partition coefficient (Wildman–Crippen LogP) is 2.37. The van der Waals surface area contributed by atoms with Crippen LogP contribution in [0.3, 0.4) is 0 Å². The Morgan fingerprint density at radius 3 is 2.87 bits per heavy atom. The molecule has 2 aromatic rings. The Morgan fingerprint density at radius 2 is 2.17 bits per heavy atom. The highest BCUT2D eigenvalue weighted by atomic mass is 32.1. The van der Waals surface area contributed by atoms with E-state index in [9.17, 15) is 4.79 Å². The van der Waals surface area contributed by atoms with E-state index in [1.54, 1.807) is 0 Å². The molecule has 3 N–H and O–H groups in total. The summed E-state index contributed by atoms with van der Waals surface area (Å²) < 4.78 is 5.67. The van der Waals surface area contributed by atoms with Crippen LogP contribution in [-0.2, 0) is 11.2 Å². The zero-order valence-corrected chi connectivity index (χ0v) is 14.2. The molecule has 23 heavy (non-hydrogen) atoms. The fourth-order valence-corrected chi connectivity index (χ4v) is 2.72. The quantitative estimate of drug-likeness (QED) is 0.773. The fourth-order valence-electron chi connectivity index (χ4n) is 2.11. The molecule has 1 aromatic carbocycles. The summed E-state index contributed by atoms with van der Waals surface area (Å²) >= 11 is 1.33. The molecule has 2 rings (SSSR count). The van der Waals surface area contributed by atoms with E-state index in [1.165, 1.54) is 11.3 Å². The Labute approximate surface area is 140 Å². The second kappa shape index (κ2) is 8.47. The van der Waals surface area contributed by atoms with Gasteiger partial charge in [0.25, 0.3) is 5.91 Å². The molecule has 0 aliphatic carbocycles. The maximum atomic E-state index is 11.9. The minimum absolute atomic E-state index is 0.00566. The van der Waals surface area contributed by atoms with Crippen LogP contribution in [0.25, 0.3) is 0 Å². The van der Waals surface area contributed by atoms with Gasteiger partial charge in [0.15, 0.2) is 6.61 Å². The summed E-state index contributed by atoms with van der Waals surface area (Å²) in [5.41, 5.74) is 6.64. The molecule has 0 aliphatic heterocycles. The second-order valence-electron chi connectivity index (χ2n) is 5.27. The molecule has 1 amide bonds. The van der Waals surface area contributed by atoms with Crippen LogP contribution in [0.4, 0.5) is 5.13 Å². The molecule has 7 heteroatoms. The van der Waals surface area contributed by atoms with Crippen LogP contribution >= 0.6 is 11.3 Å². The Balaban J connectivity index is 1.78. The fraction of sp³-hybridized carbons (Fsp3) is 0.438. The molecule has 1 aromatic heterocycles. The first kappa shape index (κ1) is 17.2. The van der Waals surface area contributed by atoms with E-state index in [-0.39, 0.29) is 12.5 Å². The van der Waals surface area contributed by atoms with E-state index in [0.29, 0.717) is 24.0 Å². The van der Waals surface area contributed by atoms with Crippen molar-refractivity contribution < 1.29 is 9.53 Å². The molecule has 124 valence electrons. The molecular formula is C16H22N4O2S. The lowest BCUT2D eigenvalue weighted by Crippen LogP contribution is -2.30.